The van der Waals surface area contributed by atoms with Crippen molar-refractivity contribution in [2.45, 2.75) is 12.2 Å². The molecule has 0 aromatic heterocycles. The largest absolute Gasteiger partial charge is 0.509 e. The topological polar surface area (TPSA) is 102 Å². The van der Waals surface area contributed by atoms with Crippen LogP contribution in [-0.2, 0) is 19.0 Å². The number of carbonyl (C=O) groups is 2. The minimum absolute atomic E-state index is 0.188. The number of aliphatic hydroxyl groups is 2. The Labute approximate surface area is 79.2 Å². The molecule has 80 valence electrons. The molecule has 0 amide bonds. The maximum Gasteiger partial charge on any atom is 0.509 e. The fourth-order valence-electron chi connectivity index (χ4n) is 0.768. The number of ether oxygens (including phenoxy) is 3. The highest BCUT2D eigenvalue weighted by Crippen LogP contribution is 2.07. The summed E-state index contributed by atoms with van der Waals surface area (Å²) in [5.41, 5.74) is 0. The molecule has 1 saturated heterocycles. The van der Waals surface area contributed by atoms with Crippen LogP contribution in [0.3, 0.4) is 0 Å². The molecule has 7 nitrogen and oxygen atoms in total. The molecule has 2 unspecified atom stereocenters. The van der Waals surface area contributed by atoms with Crippen LogP contribution in [0, 0.1) is 0 Å². The molecular formula is C7H10O7. The molecule has 0 aromatic carbocycles. The van der Waals surface area contributed by atoms with Gasteiger partial charge in [-0.3, -0.25) is 0 Å². The second-order valence-electron chi connectivity index (χ2n) is 2.63. The lowest BCUT2D eigenvalue weighted by Crippen LogP contribution is -2.29. The Balaban J connectivity index is 2.25. The molecule has 1 fully saturated rings. The summed E-state index contributed by atoms with van der Waals surface area (Å²) in [5, 5.41) is 17.2. The van der Waals surface area contributed by atoms with Crippen LogP contribution in [0.5, 0.6) is 0 Å². The molecule has 1 aliphatic heterocycles. The van der Waals surface area contributed by atoms with Gasteiger partial charge in [0.1, 0.15) is 19.3 Å². The van der Waals surface area contributed by atoms with Crippen LogP contribution in [0.15, 0.2) is 0 Å². The first-order chi connectivity index (χ1) is 6.63. The Hall–Kier alpha value is -1.34. The van der Waals surface area contributed by atoms with E-state index in [1.165, 1.54) is 0 Å². The molecule has 0 spiro atoms. The van der Waals surface area contributed by atoms with Crippen molar-refractivity contribution >= 4 is 12.1 Å². The monoisotopic (exact) mass is 206 g/mol. The molecule has 2 atom stereocenters. The maximum absolute atomic E-state index is 11.0. The first-order valence-corrected chi connectivity index (χ1v) is 3.92. The Morgan fingerprint density at radius 2 is 2.43 bits per heavy atom. The highest BCUT2D eigenvalue weighted by Gasteiger charge is 2.33. The molecule has 14 heavy (non-hydrogen) atoms. The van der Waals surface area contributed by atoms with Crippen molar-refractivity contribution in [1.29, 1.82) is 0 Å². The zero-order valence-electron chi connectivity index (χ0n) is 7.21. The zero-order valence-corrected chi connectivity index (χ0v) is 7.21. The number of esters is 1. The van der Waals surface area contributed by atoms with Gasteiger partial charge in [-0.25, -0.2) is 9.59 Å². The Morgan fingerprint density at radius 1 is 1.71 bits per heavy atom. The van der Waals surface area contributed by atoms with Crippen molar-refractivity contribution < 1.29 is 34.0 Å². The van der Waals surface area contributed by atoms with E-state index in [1.54, 1.807) is 0 Å². The number of hydrogen-bond acceptors (Lipinski definition) is 7. The number of cyclic esters (lactones) is 2. The molecular weight excluding hydrogens is 196 g/mol. The third kappa shape index (κ3) is 2.86. The van der Waals surface area contributed by atoms with Crippen LogP contribution < -0.4 is 0 Å². The van der Waals surface area contributed by atoms with E-state index in [1.807, 2.05) is 0 Å². The lowest BCUT2D eigenvalue weighted by atomic mass is 10.4. The van der Waals surface area contributed by atoms with Gasteiger partial charge >= 0.3 is 12.1 Å². The van der Waals surface area contributed by atoms with Crippen molar-refractivity contribution in [2.24, 2.45) is 0 Å². The summed E-state index contributed by atoms with van der Waals surface area (Å²) < 4.78 is 13.3. The molecule has 0 radical (unpaired) electrons. The maximum atomic E-state index is 11.0. The lowest BCUT2D eigenvalue weighted by molar-refractivity contribution is -0.155. The summed E-state index contributed by atoms with van der Waals surface area (Å²) in [5.74, 6) is -0.802. The number of aliphatic hydroxyl groups excluding tert-OH is 2. The van der Waals surface area contributed by atoms with Crippen molar-refractivity contribution in [3.63, 3.8) is 0 Å². The van der Waals surface area contributed by atoms with E-state index in [0.717, 1.165) is 0 Å². The summed E-state index contributed by atoms with van der Waals surface area (Å²) in [6.45, 7) is -1.04. The van der Waals surface area contributed by atoms with Gasteiger partial charge in [-0.1, -0.05) is 0 Å². The van der Waals surface area contributed by atoms with Gasteiger partial charge < -0.3 is 24.4 Å². The van der Waals surface area contributed by atoms with Gasteiger partial charge in [-0.05, 0) is 0 Å². The normalized spacial score (nSPS) is 22.4. The lowest BCUT2D eigenvalue weighted by Gasteiger charge is -2.09. The SMILES string of the molecule is O=C1OCC(C(=O)OCC(O)CO)O1. The Kier molecular flexibility index (Phi) is 3.66. The van der Waals surface area contributed by atoms with E-state index in [2.05, 4.69) is 14.2 Å². The third-order valence-electron chi connectivity index (χ3n) is 1.48. The number of hydrogen-bond donors (Lipinski definition) is 2. The van der Waals surface area contributed by atoms with E-state index in [-0.39, 0.29) is 13.2 Å². The van der Waals surface area contributed by atoms with Gasteiger partial charge in [0, 0.05) is 0 Å². The van der Waals surface area contributed by atoms with E-state index in [4.69, 9.17) is 10.2 Å². The minimum Gasteiger partial charge on any atom is -0.460 e. The predicted octanol–water partition coefficient (Wildman–Crippen LogP) is -1.58. The van der Waals surface area contributed by atoms with Gasteiger partial charge in [0.05, 0.1) is 6.61 Å². The molecule has 1 rings (SSSR count). The highest BCUT2D eigenvalue weighted by molar-refractivity contribution is 5.79. The van der Waals surface area contributed by atoms with Crippen molar-refractivity contribution in [2.75, 3.05) is 19.8 Å². The van der Waals surface area contributed by atoms with E-state index >= 15 is 0 Å². The summed E-state index contributed by atoms with van der Waals surface area (Å²) >= 11 is 0. The van der Waals surface area contributed by atoms with Gasteiger partial charge in [0.25, 0.3) is 0 Å². The zero-order chi connectivity index (χ0) is 10.6. The average Bonchev–Trinajstić information content (AvgIpc) is 2.60. The second-order valence-corrected chi connectivity index (χ2v) is 2.63. The quantitative estimate of drug-likeness (QED) is 0.535. The molecule has 1 heterocycles. The van der Waals surface area contributed by atoms with E-state index in [9.17, 15) is 9.59 Å². The van der Waals surface area contributed by atoms with E-state index in [0.29, 0.717) is 0 Å². The van der Waals surface area contributed by atoms with Crippen LogP contribution in [-0.4, -0.2) is 54.4 Å². The van der Waals surface area contributed by atoms with Gasteiger partial charge in [-0.2, -0.15) is 0 Å². The van der Waals surface area contributed by atoms with Crippen LogP contribution in [0.2, 0.25) is 0 Å². The molecule has 0 aromatic rings. The van der Waals surface area contributed by atoms with Crippen LogP contribution in [0.4, 0.5) is 4.79 Å². The number of rotatable bonds is 4. The summed E-state index contributed by atoms with van der Waals surface area (Å²) in [7, 11) is 0. The summed E-state index contributed by atoms with van der Waals surface area (Å²) in [6, 6.07) is 0. The summed E-state index contributed by atoms with van der Waals surface area (Å²) in [6.07, 6.45) is -3.12. The molecule has 0 bridgehead atoms. The fourth-order valence-corrected chi connectivity index (χ4v) is 0.768. The van der Waals surface area contributed by atoms with Gasteiger partial charge in [-0.15, -0.1) is 0 Å². The van der Waals surface area contributed by atoms with Crippen molar-refractivity contribution in [1.82, 2.24) is 0 Å². The third-order valence-corrected chi connectivity index (χ3v) is 1.48. The second kappa shape index (κ2) is 4.77. The van der Waals surface area contributed by atoms with Crippen LogP contribution in [0.25, 0.3) is 0 Å². The average molecular weight is 206 g/mol. The molecule has 7 heteroatoms. The first-order valence-electron chi connectivity index (χ1n) is 3.92. The molecule has 1 aliphatic rings. The summed E-state index contributed by atoms with van der Waals surface area (Å²) in [4.78, 5) is 21.4. The molecule has 0 saturated carbocycles. The van der Waals surface area contributed by atoms with Crippen LogP contribution in [0.1, 0.15) is 0 Å². The highest BCUT2D eigenvalue weighted by atomic mass is 16.8. The molecule has 2 N–H and O–H groups in total. The minimum atomic E-state index is -1.13. The van der Waals surface area contributed by atoms with Crippen molar-refractivity contribution in [3.05, 3.63) is 0 Å². The standard InChI is InChI=1S/C7H10O7/c8-1-4(9)2-12-6(10)5-3-13-7(11)14-5/h4-5,8-9H,1-3H2. The van der Waals surface area contributed by atoms with E-state index < -0.39 is 30.9 Å². The van der Waals surface area contributed by atoms with Gasteiger partial charge in [0.15, 0.2) is 0 Å². The smallest absolute Gasteiger partial charge is 0.460 e. The predicted molar refractivity (Wildman–Crippen MR) is 40.3 cm³/mol. The Morgan fingerprint density at radius 3 is 2.93 bits per heavy atom. The Bertz CT molecular complexity index is 226. The van der Waals surface area contributed by atoms with Crippen molar-refractivity contribution in [3.8, 4) is 0 Å². The molecule has 0 aliphatic carbocycles. The number of carbonyl (C=O) groups excluding carboxylic acids is 2. The van der Waals surface area contributed by atoms with Gasteiger partial charge in [0.2, 0.25) is 6.10 Å². The van der Waals surface area contributed by atoms with Crippen LogP contribution >= 0.6 is 0 Å². The fraction of sp³-hybridized carbons (Fsp3) is 0.714. The first kappa shape index (κ1) is 10.7.